The maximum absolute atomic E-state index is 13.0. The second kappa shape index (κ2) is 9.05. The van der Waals surface area contributed by atoms with Crippen molar-refractivity contribution >= 4 is 33.0 Å². The molecule has 2 heterocycles. The lowest BCUT2D eigenvalue weighted by molar-refractivity contribution is -0.0599. The fourth-order valence-electron chi connectivity index (χ4n) is 4.13. The van der Waals surface area contributed by atoms with Crippen molar-refractivity contribution in [1.29, 1.82) is 0 Å². The number of likely N-dealkylation sites (tertiary alicyclic amines) is 1. The average molecular weight is 486 g/mol. The van der Waals surface area contributed by atoms with E-state index >= 15 is 0 Å². The molecule has 2 aromatic carbocycles. The summed E-state index contributed by atoms with van der Waals surface area (Å²) in [7, 11) is 0. The zero-order chi connectivity index (χ0) is 22.0. The molecule has 0 aliphatic carbocycles. The molecule has 1 fully saturated rings. The van der Waals surface area contributed by atoms with Gasteiger partial charge in [0, 0.05) is 22.0 Å². The summed E-state index contributed by atoms with van der Waals surface area (Å²) in [5.74, 6) is 0. The van der Waals surface area contributed by atoms with Crippen LogP contribution in [0.4, 0.5) is 4.79 Å². The first kappa shape index (κ1) is 21.9. The molecule has 6 heteroatoms. The van der Waals surface area contributed by atoms with Crippen LogP contribution in [-0.4, -0.2) is 29.2 Å². The molecule has 4 rings (SSSR count). The Hall–Kier alpha value is -2.31. The largest absolute Gasteiger partial charge is 0.464 e. The van der Waals surface area contributed by atoms with Crippen LogP contribution < -0.4 is 0 Å². The van der Waals surface area contributed by atoms with Crippen LogP contribution in [-0.2, 0) is 16.1 Å². The number of fused-ring (bicyclic) bond motifs is 1. The minimum Gasteiger partial charge on any atom is -0.464 e. The highest BCUT2D eigenvalue weighted by Crippen LogP contribution is 2.36. The van der Waals surface area contributed by atoms with E-state index in [2.05, 4.69) is 15.9 Å². The summed E-state index contributed by atoms with van der Waals surface area (Å²) in [4.78, 5) is 14.8. The number of rotatable bonds is 4. The summed E-state index contributed by atoms with van der Waals surface area (Å²) >= 11 is 3.57. The van der Waals surface area contributed by atoms with Crippen molar-refractivity contribution in [3.8, 4) is 0 Å². The summed E-state index contributed by atoms with van der Waals surface area (Å²) in [6.45, 7) is 6.72. The molecule has 0 bridgehead atoms. The monoisotopic (exact) mass is 485 g/mol. The Morgan fingerprint density at radius 3 is 2.71 bits per heavy atom. The standard InChI is InChI=1S/C25H28BrNO4/c1-25(2,3)31-24(28)27-12-7-10-21(22(27)17-8-5-4-6-9-17)30-16-19-15-20(26)14-18-11-13-29-23(18)19/h4-6,8-9,11,13-15,21-22H,7,10,12,16H2,1-3H3/t21-,22-/m0/s1. The Bertz CT molecular complexity index is 1040. The molecule has 0 saturated carbocycles. The summed E-state index contributed by atoms with van der Waals surface area (Å²) in [5.41, 5.74) is 2.32. The van der Waals surface area contributed by atoms with E-state index < -0.39 is 5.60 Å². The van der Waals surface area contributed by atoms with Crippen molar-refractivity contribution in [3.63, 3.8) is 0 Å². The highest BCUT2D eigenvalue weighted by molar-refractivity contribution is 9.10. The van der Waals surface area contributed by atoms with E-state index in [4.69, 9.17) is 13.9 Å². The van der Waals surface area contributed by atoms with Crippen LogP contribution in [0.15, 0.2) is 63.7 Å². The number of furan rings is 1. The third-order valence-corrected chi connectivity index (χ3v) is 5.85. The highest BCUT2D eigenvalue weighted by atomic mass is 79.9. The first-order valence-electron chi connectivity index (χ1n) is 10.6. The zero-order valence-electron chi connectivity index (χ0n) is 18.1. The van der Waals surface area contributed by atoms with Crippen molar-refractivity contribution in [1.82, 2.24) is 4.90 Å². The van der Waals surface area contributed by atoms with Crippen molar-refractivity contribution in [2.75, 3.05) is 6.54 Å². The number of nitrogens with zero attached hydrogens (tertiary/aromatic N) is 1. The Balaban J connectivity index is 1.60. The Morgan fingerprint density at radius 2 is 1.97 bits per heavy atom. The first-order chi connectivity index (χ1) is 14.8. The van der Waals surface area contributed by atoms with Gasteiger partial charge in [-0.3, -0.25) is 4.90 Å². The fraction of sp³-hybridized carbons (Fsp3) is 0.400. The normalized spacial score (nSPS) is 19.5. The van der Waals surface area contributed by atoms with Gasteiger partial charge in [0.15, 0.2) is 0 Å². The lowest BCUT2D eigenvalue weighted by Gasteiger charge is -2.41. The van der Waals surface area contributed by atoms with E-state index in [1.165, 1.54) is 0 Å². The highest BCUT2D eigenvalue weighted by Gasteiger charge is 2.38. The number of carbonyl (C=O) groups is 1. The van der Waals surface area contributed by atoms with Crippen LogP contribution in [0.1, 0.15) is 50.8 Å². The smallest absolute Gasteiger partial charge is 0.410 e. The first-order valence-corrected chi connectivity index (χ1v) is 11.4. The minimum atomic E-state index is -0.548. The van der Waals surface area contributed by atoms with E-state index in [1.54, 1.807) is 6.26 Å². The Labute approximate surface area is 191 Å². The van der Waals surface area contributed by atoms with E-state index in [9.17, 15) is 4.79 Å². The van der Waals surface area contributed by atoms with E-state index in [0.717, 1.165) is 39.4 Å². The van der Waals surface area contributed by atoms with Crippen LogP contribution in [0.2, 0.25) is 0 Å². The molecule has 0 radical (unpaired) electrons. The lowest BCUT2D eigenvalue weighted by Crippen LogP contribution is -2.47. The van der Waals surface area contributed by atoms with Crippen molar-refractivity contribution in [3.05, 3.63) is 70.4 Å². The van der Waals surface area contributed by atoms with Gasteiger partial charge in [0.25, 0.3) is 0 Å². The minimum absolute atomic E-state index is 0.146. The summed E-state index contributed by atoms with van der Waals surface area (Å²) in [6.07, 6.45) is 2.98. The molecule has 0 spiro atoms. The Kier molecular flexibility index (Phi) is 6.39. The molecule has 2 atom stereocenters. The van der Waals surface area contributed by atoms with Gasteiger partial charge < -0.3 is 13.9 Å². The fourth-order valence-corrected chi connectivity index (χ4v) is 4.65. The van der Waals surface area contributed by atoms with Gasteiger partial charge in [0.05, 0.1) is 25.0 Å². The number of hydrogen-bond acceptors (Lipinski definition) is 4. The van der Waals surface area contributed by atoms with Gasteiger partial charge in [-0.25, -0.2) is 4.79 Å². The van der Waals surface area contributed by atoms with Crippen LogP contribution in [0.25, 0.3) is 11.0 Å². The quantitative estimate of drug-likeness (QED) is 0.405. The maximum Gasteiger partial charge on any atom is 0.410 e. The number of carbonyl (C=O) groups excluding carboxylic acids is 1. The van der Waals surface area contributed by atoms with Crippen molar-refractivity contribution in [2.45, 2.75) is 58.0 Å². The van der Waals surface area contributed by atoms with Gasteiger partial charge in [0.1, 0.15) is 11.2 Å². The molecule has 1 saturated heterocycles. The molecule has 164 valence electrons. The van der Waals surface area contributed by atoms with E-state index in [0.29, 0.717) is 13.2 Å². The second-order valence-corrected chi connectivity index (χ2v) is 9.84. The maximum atomic E-state index is 13.0. The van der Waals surface area contributed by atoms with E-state index in [-0.39, 0.29) is 18.2 Å². The van der Waals surface area contributed by atoms with Gasteiger partial charge >= 0.3 is 6.09 Å². The molecule has 0 N–H and O–H groups in total. The van der Waals surface area contributed by atoms with Gasteiger partial charge in [-0.1, -0.05) is 46.3 Å². The molecule has 0 unspecified atom stereocenters. The van der Waals surface area contributed by atoms with Crippen molar-refractivity contribution in [2.24, 2.45) is 0 Å². The summed E-state index contributed by atoms with van der Waals surface area (Å²) in [5, 5.41) is 1.03. The predicted octanol–water partition coefficient (Wildman–Crippen LogP) is 6.85. The second-order valence-electron chi connectivity index (χ2n) is 8.92. The van der Waals surface area contributed by atoms with Crippen LogP contribution in [0.3, 0.4) is 0 Å². The summed E-state index contributed by atoms with van der Waals surface area (Å²) in [6, 6.07) is 15.9. The molecule has 3 aromatic rings. The zero-order valence-corrected chi connectivity index (χ0v) is 19.7. The number of amides is 1. The molecule has 1 aliphatic rings. The van der Waals surface area contributed by atoms with Crippen LogP contribution in [0, 0.1) is 0 Å². The van der Waals surface area contributed by atoms with Crippen LogP contribution in [0.5, 0.6) is 0 Å². The predicted molar refractivity (Wildman–Crippen MR) is 124 cm³/mol. The van der Waals surface area contributed by atoms with Gasteiger partial charge in [-0.15, -0.1) is 0 Å². The lowest BCUT2D eigenvalue weighted by atomic mass is 9.92. The number of benzene rings is 2. The van der Waals surface area contributed by atoms with Crippen LogP contribution >= 0.6 is 15.9 Å². The molecule has 1 aliphatic heterocycles. The van der Waals surface area contributed by atoms with Crippen molar-refractivity contribution < 1.29 is 18.7 Å². The third kappa shape index (κ3) is 5.13. The molecule has 31 heavy (non-hydrogen) atoms. The number of halogens is 1. The SMILES string of the molecule is CC(C)(C)OC(=O)N1CCC[C@H](OCc2cc(Br)cc3ccoc23)[C@@H]1c1ccccc1. The number of hydrogen-bond donors (Lipinski definition) is 0. The Morgan fingerprint density at radius 1 is 1.19 bits per heavy atom. The van der Waals surface area contributed by atoms with Gasteiger partial charge in [-0.05, 0) is 57.4 Å². The number of piperidine rings is 1. The molecular formula is C25H28BrNO4. The number of ether oxygens (including phenoxy) is 2. The topological polar surface area (TPSA) is 51.9 Å². The van der Waals surface area contributed by atoms with E-state index in [1.807, 2.05) is 74.2 Å². The molecule has 1 aromatic heterocycles. The van der Waals surface area contributed by atoms with Gasteiger partial charge in [-0.2, -0.15) is 0 Å². The van der Waals surface area contributed by atoms with Gasteiger partial charge in [0.2, 0.25) is 0 Å². The molecular weight excluding hydrogens is 458 g/mol. The molecule has 1 amide bonds. The average Bonchev–Trinajstić information content (AvgIpc) is 3.19. The third-order valence-electron chi connectivity index (χ3n) is 5.39. The summed E-state index contributed by atoms with van der Waals surface area (Å²) < 4.78 is 18.8. The molecule has 5 nitrogen and oxygen atoms in total.